The molecule has 65 heavy (non-hydrogen) atoms. The number of nitrogens with zero attached hydrogens (tertiary/aromatic N) is 6. The summed E-state index contributed by atoms with van der Waals surface area (Å²) in [4.78, 5) is 10.4. The van der Waals surface area contributed by atoms with Gasteiger partial charge in [0.05, 0.1) is 55.7 Å². The Morgan fingerprint density at radius 1 is 0.308 bits per heavy atom. The third-order valence-electron chi connectivity index (χ3n) is 13.6. The Hall–Kier alpha value is -8.94. The molecule has 0 amide bonds. The van der Waals surface area contributed by atoms with Gasteiger partial charge in [0, 0.05) is 60.2 Å². The largest absolute Gasteiger partial charge is 0.436 e. The van der Waals surface area contributed by atoms with E-state index in [0.29, 0.717) is 5.71 Å². The van der Waals surface area contributed by atoms with Crippen molar-refractivity contribution in [3.05, 3.63) is 206 Å². The third kappa shape index (κ3) is 4.73. The molecular weight excluding hydrogens is 797 g/mol. The van der Waals surface area contributed by atoms with Gasteiger partial charge in [0.25, 0.3) is 0 Å². The molecule has 0 aliphatic carbocycles. The van der Waals surface area contributed by atoms with Crippen molar-refractivity contribution < 1.29 is 4.42 Å². The van der Waals surface area contributed by atoms with E-state index in [1.54, 1.807) is 0 Å². The van der Waals surface area contributed by atoms with E-state index in [0.717, 1.165) is 83.2 Å². The molecule has 6 aromatic heterocycles. The highest BCUT2D eigenvalue weighted by atomic mass is 16.3. The summed E-state index contributed by atoms with van der Waals surface area (Å²) < 4.78 is 15.9. The first kappa shape index (κ1) is 34.6. The van der Waals surface area contributed by atoms with E-state index in [2.05, 4.69) is 218 Å². The Kier molecular flexibility index (Phi) is 6.83. The van der Waals surface area contributed by atoms with Crippen molar-refractivity contribution >= 4 is 109 Å². The molecule has 0 radical (unpaired) electrons. The maximum absolute atomic E-state index is 6.46. The van der Waals surface area contributed by atoms with Crippen LogP contribution < -0.4 is 0 Å². The second-order valence-electron chi connectivity index (χ2n) is 17.0. The monoisotopic (exact) mass is 830 g/mol. The van der Waals surface area contributed by atoms with Gasteiger partial charge in [-0.3, -0.25) is 4.57 Å². The Labute approximate surface area is 369 Å². The van der Waals surface area contributed by atoms with Gasteiger partial charge in [0.2, 0.25) is 5.71 Å². The quantitative estimate of drug-likeness (QED) is 0.177. The van der Waals surface area contributed by atoms with Crippen LogP contribution >= 0.6 is 0 Å². The molecule has 9 aromatic carbocycles. The van der Waals surface area contributed by atoms with Crippen LogP contribution in [-0.4, -0.2) is 28.2 Å². The van der Waals surface area contributed by atoms with Crippen LogP contribution in [0.5, 0.6) is 0 Å². The van der Waals surface area contributed by atoms with Gasteiger partial charge in [-0.15, -0.1) is 0 Å². The van der Waals surface area contributed by atoms with Gasteiger partial charge >= 0.3 is 0 Å². The minimum absolute atomic E-state index is 0.504. The van der Waals surface area contributed by atoms with Gasteiger partial charge in [-0.1, -0.05) is 109 Å². The summed E-state index contributed by atoms with van der Waals surface area (Å²) in [6, 6.07) is 71.8. The van der Waals surface area contributed by atoms with Crippen molar-refractivity contribution in [2.75, 3.05) is 0 Å². The Morgan fingerprint density at radius 2 is 0.723 bits per heavy atom. The molecule has 0 unspecified atom stereocenters. The number of para-hydroxylation sites is 6. The van der Waals surface area contributed by atoms with Crippen LogP contribution in [-0.2, 0) is 0 Å². The zero-order valence-corrected chi connectivity index (χ0v) is 34.7. The average Bonchev–Trinajstić information content (AvgIpc) is 4.15. The highest BCUT2D eigenvalue weighted by molar-refractivity contribution is 6.21. The number of hydrogen-bond acceptors (Lipinski definition) is 3. The Balaban J connectivity index is 0.971. The van der Waals surface area contributed by atoms with Crippen LogP contribution in [0.25, 0.3) is 132 Å². The molecule has 0 fully saturated rings. The lowest BCUT2D eigenvalue weighted by Gasteiger charge is -2.10. The summed E-state index contributed by atoms with van der Waals surface area (Å²) in [6.45, 7) is 0. The van der Waals surface area contributed by atoms with Crippen LogP contribution in [0.1, 0.15) is 0 Å². The molecule has 0 bridgehead atoms. The van der Waals surface area contributed by atoms with E-state index < -0.39 is 0 Å². The molecule has 15 aromatic rings. The Bertz CT molecular complexity index is 4180. The summed E-state index contributed by atoms with van der Waals surface area (Å²) in [5.41, 5.74) is 14.3. The van der Waals surface area contributed by atoms with Gasteiger partial charge in [-0.2, -0.15) is 0 Å². The van der Waals surface area contributed by atoms with E-state index >= 15 is 0 Å². The fraction of sp³-hybridized carbons (Fsp3) is 0. The second kappa shape index (κ2) is 12.8. The first-order valence-electron chi connectivity index (χ1n) is 22.0. The third-order valence-corrected chi connectivity index (χ3v) is 13.6. The van der Waals surface area contributed by atoms with E-state index in [1.165, 1.54) is 43.4 Å². The van der Waals surface area contributed by atoms with Gasteiger partial charge in [-0.25, -0.2) is 9.97 Å². The molecule has 0 saturated carbocycles. The van der Waals surface area contributed by atoms with Crippen LogP contribution in [0.3, 0.4) is 0 Å². The lowest BCUT2D eigenvalue weighted by atomic mass is 10.1. The van der Waals surface area contributed by atoms with Crippen molar-refractivity contribution in [3.63, 3.8) is 0 Å². The number of furan rings is 1. The Morgan fingerprint density at radius 3 is 1.22 bits per heavy atom. The molecule has 7 heteroatoms. The van der Waals surface area contributed by atoms with Crippen LogP contribution in [0.15, 0.2) is 211 Å². The molecule has 0 aliphatic heterocycles. The van der Waals surface area contributed by atoms with Gasteiger partial charge in [0.15, 0.2) is 5.82 Å². The predicted molar refractivity (Wildman–Crippen MR) is 267 cm³/mol. The maximum Gasteiger partial charge on any atom is 0.246 e. The zero-order valence-electron chi connectivity index (χ0n) is 34.7. The standard InChI is InChI=1S/C58H34N6O/c1-3-15-35(16-4-1)61-47-23-11-7-19-38(47)42-30-44-40-21-9-13-25-49(40)63(53(44)32-51(42)61)37-27-28-55-46(29-37)57-58(65-55)59-34-56(60-57)64-50-26-14-10-22-41(50)45-31-43-39-20-8-12-24-48(39)62(52(43)33-54(45)64)36-17-5-2-6-18-36/h1-34H. The molecule has 7 nitrogen and oxygen atoms in total. The lowest BCUT2D eigenvalue weighted by Crippen LogP contribution is -1.99. The lowest BCUT2D eigenvalue weighted by molar-refractivity contribution is 0.652. The zero-order chi connectivity index (χ0) is 42.3. The van der Waals surface area contributed by atoms with E-state index in [1.807, 2.05) is 6.20 Å². The summed E-state index contributed by atoms with van der Waals surface area (Å²) in [5, 5.41) is 10.5. The van der Waals surface area contributed by atoms with Crippen molar-refractivity contribution in [2.45, 2.75) is 0 Å². The molecule has 302 valence electrons. The number of aromatic nitrogens is 6. The fourth-order valence-corrected chi connectivity index (χ4v) is 10.9. The van der Waals surface area contributed by atoms with Gasteiger partial charge in [-0.05, 0) is 91.0 Å². The predicted octanol–water partition coefficient (Wildman–Crippen LogP) is 14.8. The molecule has 15 rings (SSSR count). The van der Waals surface area contributed by atoms with Crippen LogP contribution in [0, 0.1) is 0 Å². The first-order chi connectivity index (χ1) is 32.2. The number of fused-ring (bicyclic) bond motifs is 15. The molecule has 0 aliphatic rings. The van der Waals surface area contributed by atoms with Crippen molar-refractivity contribution in [3.8, 4) is 22.9 Å². The fourth-order valence-electron chi connectivity index (χ4n) is 10.9. The first-order valence-corrected chi connectivity index (χ1v) is 22.0. The maximum atomic E-state index is 6.46. The van der Waals surface area contributed by atoms with E-state index in [-0.39, 0.29) is 0 Å². The molecule has 0 saturated heterocycles. The molecule has 0 N–H and O–H groups in total. The second-order valence-corrected chi connectivity index (χ2v) is 17.0. The summed E-state index contributed by atoms with van der Waals surface area (Å²) in [6.07, 6.45) is 1.85. The smallest absolute Gasteiger partial charge is 0.246 e. The average molecular weight is 831 g/mol. The highest BCUT2D eigenvalue weighted by Crippen LogP contribution is 2.42. The van der Waals surface area contributed by atoms with Crippen molar-refractivity contribution in [1.29, 1.82) is 0 Å². The van der Waals surface area contributed by atoms with Crippen molar-refractivity contribution in [2.24, 2.45) is 0 Å². The minimum Gasteiger partial charge on any atom is -0.436 e. The SMILES string of the molecule is c1ccc(-n2c3ccccc3c3cc4c5ccccc5n(-c5ccc6oc7ncc(-n8c9ccccc9c9cc%10c%11ccccc%11n(-c%11ccccc%11)c%10cc98)nc7c6c5)c4cc32)cc1. The molecular formula is C58H34N6O. The van der Waals surface area contributed by atoms with Crippen molar-refractivity contribution in [1.82, 2.24) is 28.2 Å². The normalized spacial score (nSPS) is 12.3. The number of hydrogen-bond donors (Lipinski definition) is 0. The number of rotatable bonds is 4. The van der Waals surface area contributed by atoms with Crippen LogP contribution in [0.4, 0.5) is 0 Å². The summed E-state index contributed by atoms with van der Waals surface area (Å²) >= 11 is 0. The topological polar surface area (TPSA) is 58.6 Å². The molecule has 0 spiro atoms. The summed E-state index contributed by atoms with van der Waals surface area (Å²) in [5.74, 6) is 0.728. The van der Waals surface area contributed by atoms with E-state index in [9.17, 15) is 0 Å². The molecule has 0 atom stereocenters. The summed E-state index contributed by atoms with van der Waals surface area (Å²) in [7, 11) is 0. The molecule has 6 heterocycles. The van der Waals surface area contributed by atoms with Gasteiger partial charge in [0.1, 0.15) is 11.1 Å². The van der Waals surface area contributed by atoms with E-state index in [4.69, 9.17) is 14.4 Å². The van der Waals surface area contributed by atoms with Gasteiger partial charge < -0.3 is 18.1 Å². The van der Waals surface area contributed by atoms with Crippen LogP contribution in [0.2, 0.25) is 0 Å². The highest BCUT2D eigenvalue weighted by Gasteiger charge is 2.22. The minimum atomic E-state index is 0.504. The number of benzene rings is 9.